The van der Waals surface area contributed by atoms with Gasteiger partial charge < -0.3 is 9.42 Å². The number of rotatable bonds is 3. The molecule has 1 aliphatic heterocycles. The zero-order valence-electron chi connectivity index (χ0n) is 13.2. The van der Waals surface area contributed by atoms with Crippen molar-refractivity contribution >= 4 is 23.2 Å². The smallest absolute Gasteiger partial charge is 0.232 e. The van der Waals surface area contributed by atoms with Crippen LogP contribution in [0.4, 0.5) is 10.1 Å². The molecule has 0 radical (unpaired) electrons. The van der Waals surface area contributed by atoms with Crippen molar-refractivity contribution in [1.82, 2.24) is 10.1 Å². The van der Waals surface area contributed by atoms with Crippen LogP contribution in [0.5, 0.6) is 0 Å². The van der Waals surface area contributed by atoms with E-state index >= 15 is 0 Å². The number of nitrogens with zero attached hydrogens (tertiary/aromatic N) is 3. The monoisotopic (exact) mass is 359 g/mol. The van der Waals surface area contributed by atoms with Gasteiger partial charge in [-0.3, -0.25) is 4.79 Å². The van der Waals surface area contributed by atoms with E-state index in [0.717, 1.165) is 5.69 Å². The Morgan fingerprint density at radius 3 is 2.80 bits per heavy atom. The highest BCUT2D eigenvalue weighted by Gasteiger charge is 2.35. The van der Waals surface area contributed by atoms with Gasteiger partial charge in [-0.2, -0.15) is 4.98 Å². The van der Waals surface area contributed by atoms with E-state index in [9.17, 15) is 9.18 Å². The summed E-state index contributed by atoms with van der Waals surface area (Å²) in [6, 6.07) is 7.14. The molecule has 1 fully saturated rings. The van der Waals surface area contributed by atoms with Gasteiger partial charge in [0.05, 0.1) is 5.92 Å². The molecule has 7 heteroatoms. The van der Waals surface area contributed by atoms with E-state index in [1.807, 2.05) is 12.1 Å². The quantitative estimate of drug-likeness (QED) is 0.826. The molecule has 1 amide bonds. The highest BCUT2D eigenvalue weighted by Crippen LogP contribution is 2.33. The lowest BCUT2D eigenvalue weighted by atomic mass is 10.00. The summed E-state index contributed by atoms with van der Waals surface area (Å²) in [4.78, 5) is 18.5. The zero-order chi connectivity index (χ0) is 17.4. The van der Waals surface area contributed by atoms with Gasteiger partial charge in [0.25, 0.3) is 0 Å². The second-order valence-corrected chi connectivity index (χ2v) is 6.60. The van der Waals surface area contributed by atoms with E-state index in [4.69, 9.17) is 16.1 Å². The van der Waals surface area contributed by atoms with Crippen molar-refractivity contribution in [2.24, 2.45) is 0 Å². The molecule has 1 aromatic heterocycles. The first-order valence-corrected chi connectivity index (χ1v) is 8.41. The second-order valence-electron chi connectivity index (χ2n) is 6.16. The van der Waals surface area contributed by atoms with Crippen molar-refractivity contribution in [2.75, 3.05) is 11.4 Å². The Morgan fingerprint density at radius 2 is 2.08 bits per heavy atom. The lowest BCUT2D eigenvalue weighted by Crippen LogP contribution is -2.24. The Labute approximate surface area is 148 Å². The average Bonchev–Trinajstić information content (AvgIpc) is 3.23. The Bertz CT molecular complexity index is 859. The van der Waals surface area contributed by atoms with E-state index in [1.165, 1.54) is 12.2 Å². The maximum atomic E-state index is 13.1. The number of amides is 1. The van der Waals surface area contributed by atoms with Crippen molar-refractivity contribution in [3.8, 4) is 0 Å². The van der Waals surface area contributed by atoms with Gasteiger partial charge >= 0.3 is 0 Å². The molecule has 2 aromatic rings. The molecule has 0 spiro atoms. The number of carbonyl (C=O) groups excluding carboxylic acids is 1. The summed E-state index contributed by atoms with van der Waals surface area (Å²) >= 11 is 5.90. The van der Waals surface area contributed by atoms with Gasteiger partial charge in [0.2, 0.25) is 11.8 Å². The molecule has 5 nitrogen and oxygen atoms in total. The van der Waals surface area contributed by atoms with E-state index in [0.29, 0.717) is 36.1 Å². The molecule has 128 valence electrons. The van der Waals surface area contributed by atoms with Gasteiger partial charge in [-0.05, 0) is 42.8 Å². The summed E-state index contributed by atoms with van der Waals surface area (Å²) in [6.07, 6.45) is 5.46. The van der Waals surface area contributed by atoms with E-state index < -0.39 is 0 Å². The predicted molar refractivity (Wildman–Crippen MR) is 91.2 cm³/mol. The summed E-state index contributed by atoms with van der Waals surface area (Å²) < 4.78 is 18.4. The number of halogens is 2. The van der Waals surface area contributed by atoms with Gasteiger partial charge in [-0.25, -0.2) is 4.39 Å². The normalized spacial score (nSPS) is 23.2. The molecule has 0 N–H and O–H groups in total. The maximum absolute atomic E-state index is 13.1. The van der Waals surface area contributed by atoms with Crippen LogP contribution in [0.3, 0.4) is 0 Å². The Balaban J connectivity index is 1.49. The molecular formula is C18H15ClFN3O2. The number of hydrogen-bond acceptors (Lipinski definition) is 4. The highest BCUT2D eigenvalue weighted by atomic mass is 35.5. The summed E-state index contributed by atoms with van der Waals surface area (Å²) in [7, 11) is 0. The number of aromatic nitrogens is 2. The first kappa shape index (κ1) is 16.0. The molecule has 4 rings (SSSR count). The van der Waals surface area contributed by atoms with Crippen molar-refractivity contribution in [3.05, 3.63) is 65.1 Å². The minimum atomic E-state index is -0.250. The summed E-state index contributed by atoms with van der Waals surface area (Å²) in [5, 5.41) is 4.63. The van der Waals surface area contributed by atoms with E-state index in [1.54, 1.807) is 23.1 Å². The van der Waals surface area contributed by atoms with Crippen LogP contribution in [0, 0.1) is 0 Å². The fraction of sp³-hybridized carbons (Fsp3) is 0.278. The number of carbonyl (C=O) groups is 1. The van der Waals surface area contributed by atoms with Crippen LogP contribution in [0.2, 0.25) is 5.02 Å². The van der Waals surface area contributed by atoms with Crippen molar-refractivity contribution in [1.29, 1.82) is 0 Å². The summed E-state index contributed by atoms with van der Waals surface area (Å²) in [6.45, 7) is 0.483. The van der Waals surface area contributed by atoms with Crippen LogP contribution in [0.1, 0.15) is 36.4 Å². The van der Waals surface area contributed by atoms with E-state index in [2.05, 4.69) is 10.1 Å². The molecule has 1 aromatic carbocycles. The molecule has 2 unspecified atom stereocenters. The average molecular weight is 360 g/mol. The van der Waals surface area contributed by atoms with Gasteiger partial charge in [0, 0.05) is 29.6 Å². The topological polar surface area (TPSA) is 59.2 Å². The SMILES string of the molecule is O=C1CC(c2nc(C3C=CC(F)=CC3)no2)CN1c1ccc(Cl)cc1. The van der Waals surface area contributed by atoms with Gasteiger partial charge in [0.1, 0.15) is 5.83 Å². The molecular weight excluding hydrogens is 345 g/mol. The Morgan fingerprint density at radius 1 is 1.28 bits per heavy atom. The van der Waals surface area contributed by atoms with Gasteiger partial charge in [-0.1, -0.05) is 22.8 Å². The van der Waals surface area contributed by atoms with Crippen LogP contribution in [-0.2, 0) is 4.79 Å². The van der Waals surface area contributed by atoms with Crippen molar-refractivity contribution in [2.45, 2.75) is 24.7 Å². The van der Waals surface area contributed by atoms with Crippen LogP contribution < -0.4 is 4.90 Å². The van der Waals surface area contributed by atoms with Gasteiger partial charge in [0.15, 0.2) is 5.82 Å². The fourth-order valence-corrected chi connectivity index (χ4v) is 3.22. The lowest BCUT2D eigenvalue weighted by Gasteiger charge is -2.16. The molecule has 1 saturated heterocycles. The maximum Gasteiger partial charge on any atom is 0.232 e. The third kappa shape index (κ3) is 3.22. The third-order valence-electron chi connectivity index (χ3n) is 4.46. The van der Waals surface area contributed by atoms with Crippen LogP contribution in [-0.4, -0.2) is 22.6 Å². The summed E-state index contributed by atoms with van der Waals surface area (Å²) in [5.41, 5.74) is 0.799. The summed E-state index contributed by atoms with van der Waals surface area (Å²) in [5.74, 6) is 0.482. The number of benzene rings is 1. The minimum Gasteiger partial charge on any atom is -0.339 e. The standard InChI is InChI=1S/C18H15ClFN3O2/c19-13-3-7-15(8-4-13)23-10-12(9-16(23)24)18-21-17(22-25-18)11-1-5-14(20)6-2-11/h1,3-8,11-12H,2,9-10H2. The second kappa shape index (κ2) is 6.44. The van der Waals surface area contributed by atoms with Crippen LogP contribution >= 0.6 is 11.6 Å². The predicted octanol–water partition coefficient (Wildman–Crippen LogP) is 4.14. The lowest BCUT2D eigenvalue weighted by molar-refractivity contribution is -0.117. The molecule has 2 atom stereocenters. The molecule has 2 aliphatic rings. The Hall–Kier alpha value is -2.47. The number of anilines is 1. The largest absolute Gasteiger partial charge is 0.339 e. The third-order valence-corrected chi connectivity index (χ3v) is 4.71. The van der Waals surface area contributed by atoms with Crippen LogP contribution in [0.25, 0.3) is 0 Å². The van der Waals surface area contributed by atoms with Crippen molar-refractivity contribution < 1.29 is 13.7 Å². The van der Waals surface area contributed by atoms with Gasteiger partial charge in [-0.15, -0.1) is 0 Å². The first-order chi connectivity index (χ1) is 12.1. The minimum absolute atomic E-state index is 0.00893. The van der Waals surface area contributed by atoms with Crippen molar-refractivity contribution in [3.63, 3.8) is 0 Å². The molecule has 0 saturated carbocycles. The highest BCUT2D eigenvalue weighted by molar-refractivity contribution is 6.30. The fourth-order valence-electron chi connectivity index (χ4n) is 3.09. The first-order valence-electron chi connectivity index (χ1n) is 8.03. The van der Waals surface area contributed by atoms with Crippen LogP contribution in [0.15, 0.2) is 52.8 Å². The zero-order valence-corrected chi connectivity index (χ0v) is 14.0. The number of allylic oxidation sites excluding steroid dienone is 4. The Kier molecular flexibility index (Phi) is 4.13. The molecule has 25 heavy (non-hydrogen) atoms. The molecule has 0 bridgehead atoms. The number of hydrogen-bond donors (Lipinski definition) is 0. The van der Waals surface area contributed by atoms with E-state index in [-0.39, 0.29) is 23.6 Å². The molecule has 1 aliphatic carbocycles. The molecule has 2 heterocycles.